The van der Waals surface area contributed by atoms with E-state index < -0.39 is 0 Å². The topological polar surface area (TPSA) is 23.5 Å². The Morgan fingerprint density at radius 3 is 2.64 bits per heavy atom. The number of nitrogens with zero attached hydrogens (tertiary/aromatic N) is 1. The molecule has 1 atom stereocenters. The van der Waals surface area contributed by atoms with Gasteiger partial charge in [-0.05, 0) is 18.1 Å². The second-order valence-corrected chi connectivity index (χ2v) is 5.53. The summed E-state index contributed by atoms with van der Waals surface area (Å²) < 4.78 is 0.358. The lowest BCUT2D eigenvalue weighted by Gasteiger charge is -2.27. The molecule has 66 valence electrons. The molecular weight excluding hydrogens is 158 g/mol. The Morgan fingerprint density at radius 2 is 2.27 bits per heavy atom. The molecule has 0 aromatic heterocycles. The van der Waals surface area contributed by atoms with Crippen LogP contribution in [0.1, 0.15) is 20.3 Å². The third-order valence-corrected chi connectivity index (χ3v) is 3.93. The Labute approximate surface area is 72.9 Å². The molecule has 1 unspecified atom stereocenters. The minimum absolute atomic E-state index is 0.358. The Balaban J connectivity index is 2.45. The molecular formula is C8H17NOS. The van der Waals surface area contributed by atoms with Crippen LogP contribution in [0.25, 0.3) is 0 Å². The molecule has 1 fully saturated rings. The van der Waals surface area contributed by atoms with Crippen LogP contribution in [0.15, 0.2) is 0 Å². The Bertz CT molecular complexity index is 136. The number of rotatable bonds is 2. The monoisotopic (exact) mass is 175 g/mol. The number of hydroxylamine groups is 2. The molecule has 0 aliphatic carbocycles. The van der Waals surface area contributed by atoms with Crippen molar-refractivity contribution in [1.82, 2.24) is 5.06 Å². The van der Waals surface area contributed by atoms with E-state index in [-0.39, 0.29) is 0 Å². The number of hydrogen-bond donors (Lipinski definition) is 1. The van der Waals surface area contributed by atoms with E-state index >= 15 is 0 Å². The lowest BCUT2D eigenvalue weighted by Crippen LogP contribution is -2.32. The van der Waals surface area contributed by atoms with Crippen molar-refractivity contribution in [1.29, 1.82) is 0 Å². The molecule has 0 spiro atoms. The second kappa shape index (κ2) is 3.33. The summed E-state index contributed by atoms with van der Waals surface area (Å²) >= 11 is 2.01. The van der Waals surface area contributed by atoms with Gasteiger partial charge in [0.2, 0.25) is 0 Å². The molecule has 1 saturated heterocycles. The first-order chi connectivity index (χ1) is 5.02. The van der Waals surface area contributed by atoms with Gasteiger partial charge in [0.05, 0.1) is 0 Å². The van der Waals surface area contributed by atoms with Crippen molar-refractivity contribution >= 4 is 11.8 Å². The standard InChI is InChI=1S/C8H17NOS/c1-8(2)7(4-5-11-8)6-9(3)10/h7,10H,4-6H2,1-3H3. The first kappa shape index (κ1) is 9.36. The fourth-order valence-electron chi connectivity index (χ4n) is 1.56. The van der Waals surface area contributed by atoms with Crippen LogP contribution >= 0.6 is 11.8 Å². The van der Waals surface area contributed by atoms with Gasteiger partial charge in [0.1, 0.15) is 0 Å². The van der Waals surface area contributed by atoms with Gasteiger partial charge >= 0.3 is 0 Å². The highest BCUT2D eigenvalue weighted by atomic mass is 32.2. The molecule has 1 rings (SSSR count). The normalized spacial score (nSPS) is 29.7. The minimum Gasteiger partial charge on any atom is -0.314 e. The molecule has 0 aromatic carbocycles. The van der Waals surface area contributed by atoms with Crippen molar-refractivity contribution in [2.24, 2.45) is 5.92 Å². The smallest absolute Gasteiger partial charge is 0.0276 e. The van der Waals surface area contributed by atoms with Gasteiger partial charge in [0.25, 0.3) is 0 Å². The van der Waals surface area contributed by atoms with E-state index in [1.165, 1.54) is 17.2 Å². The van der Waals surface area contributed by atoms with Crippen molar-refractivity contribution in [3.8, 4) is 0 Å². The lowest BCUT2D eigenvalue weighted by atomic mass is 9.93. The van der Waals surface area contributed by atoms with Crippen LogP contribution in [0.3, 0.4) is 0 Å². The third kappa shape index (κ3) is 2.36. The molecule has 11 heavy (non-hydrogen) atoms. The van der Waals surface area contributed by atoms with Crippen molar-refractivity contribution in [3.63, 3.8) is 0 Å². The summed E-state index contributed by atoms with van der Waals surface area (Å²) in [5.41, 5.74) is 0. The largest absolute Gasteiger partial charge is 0.314 e. The van der Waals surface area contributed by atoms with Crippen molar-refractivity contribution in [2.45, 2.75) is 25.0 Å². The quantitative estimate of drug-likeness (QED) is 0.648. The highest BCUT2D eigenvalue weighted by molar-refractivity contribution is 8.00. The maximum absolute atomic E-state index is 9.07. The van der Waals surface area contributed by atoms with E-state index in [2.05, 4.69) is 13.8 Å². The number of hydrogen-bond acceptors (Lipinski definition) is 3. The van der Waals surface area contributed by atoms with Gasteiger partial charge in [-0.15, -0.1) is 0 Å². The fraction of sp³-hybridized carbons (Fsp3) is 1.00. The molecule has 1 N–H and O–H groups in total. The SMILES string of the molecule is CN(O)CC1CCSC1(C)C. The summed E-state index contributed by atoms with van der Waals surface area (Å²) in [5, 5.41) is 10.4. The van der Waals surface area contributed by atoms with E-state index in [1.54, 1.807) is 7.05 Å². The van der Waals surface area contributed by atoms with Crippen molar-refractivity contribution in [2.75, 3.05) is 19.3 Å². The van der Waals surface area contributed by atoms with Gasteiger partial charge in [-0.3, -0.25) is 0 Å². The Morgan fingerprint density at radius 1 is 1.64 bits per heavy atom. The van der Waals surface area contributed by atoms with Crippen molar-refractivity contribution < 1.29 is 5.21 Å². The maximum atomic E-state index is 9.07. The molecule has 0 saturated carbocycles. The molecule has 3 heteroatoms. The molecule has 1 aliphatic rings. The summed E-state index contributed by atoms with van der Waals surface area (Å²) in [5.74, 6) is 1.88. The van der Waals surface area contributed by atoms with Crippen LogP contribution in [0.2, 0.25) is 0 Å². The number of thioether (sulfide) groups is 1. The summed E-state index contributed by atoms with van der Waals surface area (Å²) in [4.78, 5) is 0. The molecule has 2 nitrogen and oxygen atoms in total. The zero-order valence-electron chi connectivity index (χ0n) is 7.50. The van der Waals surface area contributed by atoms with Gasteiger partial charge in [-0.2, -0.15) is 16.8 Å². The van der Waals surface area contributed by atoms with E-state index in [1.807, 2.05) is 11.8 Å². The second-order valence-electron chi connectivity index (χ2n) is 3.78. The van der Waals surface area contributed by atoms with Crippen LogP contribution in [0, 0.1) is 5.92 Å². The van der Waals surface area contributed by atoms with Gasteiger partial charge in [-0.25, -0.2) is 0 Å². The Kier molecular flexibility index (Phi) is 2.84. The van der Waals surface area contributed by atoms with Crippen LogP contribution in [-0.2, 0) is 0 Å². The zero-order chi connectivity index (χ0) is 8.48. The fourth-order valence-corrected chi connectivity index (χ4v) is 2.92. The van der Waals surface area contributed by atoms with E-state index in [4.69, 9.17) is 5.21 Å². The summed E-state index contributed by atoms with van der Waals surface area (Å²) in [6.07, 6.45) is 1.24. The van der Waals surface area contributed by atoms with Gasteiger partial charge < -0.3 is 5.21 Å². The van der Waals surface area contributed by atoms with Crippen LogP contribution in [0.5, 0.6) is 0 Å². The molecule has 0 aromatic rings. The van der Waals surface area contributed by atoms with E-state index in [9.17, 15) is 0 Å². The summed E-state index contributed by atoms with van der Waals surface area (Å²) in [7, 11) is 1.72. The maximum Gasteiger partial charge on any atom is 0.0276 e. The van der Waals surface area contributed by atoms with Crippen LogP contribution in [-0.4, -0.2) is 34.4 Å². The zero-order valence-corrected chi connectivity index (χ0v) is 8.32. The predicted molar refractivity (Wildman–Crippen MR) is 49.1 cm³/mol. The van der Waals surface area contributed by atoms with Crippen molar-refractivity contribution in [3.05, 3.63) is 0 Å². The first-order valence-electron chi connectivity index (χ1n) is 4.06. The van der Waals surface area contributed by atoms with Gasteiger partial charge in [0, 0.05) is 18.3 Å². The average Bonchev–Trinajstić information content (AvgIpc) is 2.10. The molecule has 0 bridgehead atoms. The van der Waals surface area contributed by atoms with E-state index in [0.717, 1.165) is 6.54 Å². The summed E-state index contributed by atoms with van der Waals surface area (Å²) in [6.45, 7) is 5.33. The molecule has 0 radical (unpaired) electrons. The van der Waals surface area contributed by atoms with Crippen LogP contribution < -0.4 is 0 Å². The van der Waals surface area contributed by atoms with E-state index in [0.29, 0.717) is 10.7 Å². The van der Waals surface area contributed by atoms with Gasteiger partial charge in [0.15, 0.2) is 0 Å². The Hall–Kier alpha value is 0.270. The first-order valence-corrected chi connectivity index (χ1v) is 5.05. The summed E-state index contributed by atoms with van der Waals surface area (Å²) in [6, 6.07) is 0. The third-order valence-electron chi connectivity index (χ3n) is 2.41. The van der Waals surface area contributed by atoms with Gasteiger partial charge in [-0.1, -0.05) is 13.8 Å². The average molecular weight is 175 g/mol. The van der Waals surface area contributed by atoms with Crippen LogP contribution in [0.4, 0.5) is 0 Å². The molecule has 1 heterocycles. The highest BCUT2D eigenvalue weighted by Crippen LogP contribution is 2.42. The molecule has 1 aliphatic heterocycles. The lowest BCUT2D eigenvalue weighted by molar-refractivity contribution is -0.0780. The minimum atomic E-state index is 0.358. The molecule has 0 amide bonds. The predicted octanol–water partition coefficient (Wildman–Crippen LogP) is 1.84. The highest BCUT2D eigenvalue weighted by Gasteiger charge is 2.35.